The van der Waals surface area contributed by atoms with Gasteiger partial charge in [-0.25, -0.2) is 0 Å². The van der Waals surface area contributed by atoms with Gasteiger partial charge in [0.05, 0.1) is 0 Å². The molecule has 2 nitrogen and oxygen atoms in total. The van der Waals surface area contributed by atoms with Gasteiger partial charge in [0.25, 0.3) is 0 Å². The third-order valence-corrected chi connectivity index (χ3v) is 6.91. The summed E-state index contributed by atoms with van der Waals surface area (Å²) in [6, 6.07) is 7.84. The second kappa shape index (κ2) is 11.5. The molecule has 0 radical (unpaired) electrons. The number of benzene rings is 1. The highest BCUT2D eigenvalue weighted by Gasteiger charge is 2.31. The van der Waals surface area contributed by atoms with Crippen molar-refractivity contribution in [1.29, 1.82) is 5.26 Å². The number of halogens is 4. The molecule has 1 aromatic rings. The highest BCUT2D eigenvalue weighted by atomic mass is 19.4. The van der Waals surface area contributed by atoms with Crippen LogP contribution in [0, 0.1) is 29.1 Å². The zero-order chi connectivity index (χ0) is 23.0. The van der Waals surface area contributed by atoms with Gasteiger partial charge in [-0.1, -0.05) is 24.3 Å². The number of alkyl halides is 3. The van der Waals surface area contributed by atoms with E-state index in [0.717, 1.165) is 50.5 Å². The van der Waals surface area contributed by atoms with Crippen LogP contribution in [0.4, 0.5) is 17.6 Å². The van der Waals surface area contributed by atoms with Gasteiger partial charge in [-0.2, -0.15) is 9.65 Å². The number of nitriles is 1. The average Bonchev–Trinajstić information content (AvgIpc) is 2.78. The maximum atomic E-state index is 12.9. The van der Waals surface area contributed by atoms with Crippen LogP contribution in [-0.2, 0) is 0 Å². The fourth-order valence-electron chi connectivity index (χ4n) is 5.06. The van der Waals surface area contributed by atoms with E-state index in [0.29, 0.717) is 30.1 Å². The molecule has 0 spiro atoms. The molecular formula is C26H31F4NO. The summed E-state index contributed by atoms with van der Waals surface area (Å²) in [6.45, 7) is 0. The second-order valence-corrected chi connectivity index (χ2v) is 9.14. The van der Waals surface area contributed by atoms with Crippen LogP contribution in [0.2, 0.25) is 0 Å². The van der Waals surface area contributed by atoms with Gasteiger partial charge in [-0.3, -0.25) is 0 Å². The van der Waals surface area contributed by atoms with Crippen LogP contribution >= 0.6 is 0 Å². The van der Waals surface area contributed by atoms with Crippen LogP contribution in [0.1, 0.15) is 75.7 Å². The summed E-state index contributed by atoms with van der Waals surface area (Å²) in [5.74, 6) is 1.38. The lowest BCUT2D eigenvalue weighted by atomic mass is 9.77. The molecule has 2 fully saturated rings. The minimum absolute atomic E-state index is 0.168. The predicted molar refractivity (Wildman–Crippen MR) is 116 cm³/mol. The van der Waals surface area contributed by atoms with E-state index in [4.69, 9.17) is 5.26 Å². The Balaban J connectivity index is 1.37. The molecule has 1 aromatic carbocycles. The fraction of sp³-hybridized carbons (Fsp3) is 0.577. The lowest BCUT2D eigenvalue weighted by Crippen LogP contribution is -2.17. The van der Waals surface area contributed by atoms with Crippen molar-refractivity contribution in [2.24, 2.45) is 17.8 Å². The van der Waals surface area contributed by atoms with Crippen LogP contribution < -0.4 is 4.74 Å². The van der Waals surface area contributed by atoms with Gasteiger partial charge in [0.15, 0.2) is 5.83 Å². The van der Waals surface area contributed by atoms with E-state index in [2.05, 4.69) is 16.9 Å². The number of ether oxygens (including phenoxy) is 1. The fourth-order valence-corrected chi connectivity index (χ4v) is 5.06. The maximum absolute atomic E-state index is 12.9. The van der Waals surface area contributed by atoms with E-state index in [1.165, 1.54) is 37.1 Å². The summed E-state index contributed by atoms with van der Waals surface area (Å²) < 4.78 is 53.7. The van der Waals surface area contributed by atoms with E-state index in [1.807, 2.05) is 0 Å². The van der Waals surface area contributed by atoms with E-state index < -0.39 is 12.2 Å². The molecule has 2 aliphatic rings. The lowest BCUT2D eigenvalue weighted by Gasteiger charge is -2.29. The smallest absolute Gasteiger partial charge is 0.406 e. The van der Waals surface area contributed by atoms with E-state index in [1.54, 1.807) is 12.1 Å². The summed E-state index contributed by atoms with van der Waals surface area (Å²) in [7, 11) is 0. The Kier molecular flexibility index (Phi) is 8.78. The molecule has 32 heavy (non-hydrogen) atoms. The van der Waals surface area contributed by atoms with E-state index in [9.17, 15) is 17.6 Å². The molecule has 0 atom stereocenters. The lowest BCUT2D eigenvalue weighted by molar-refractivity contribution is -0.274. The first-order chi connectivity index (χ1) is 15.3. The van der Waals surface area contributed by atoms with Gasteiger partial charge in [0, 0.05) is 0 Å². The number of nitrogens with zero attached hydrogens (tertiary/aromatic N) is 1. The largest absolute Gasteiger partial charge is 0.573 e. The van der Waals surface area contributed by atoms with Crippen molar-refractivity contribution in [3.05, 3.63) is 53.9 Å². The van der Waals surface area contributed by atoms with Crippen molar-refractivity contribution in [1.82, 2.24) is 0 Å². The zero-order valence-electron chi connectivity index (χ0n) is 18.3. The Hall–Kier alpha value is -2.29. The van der Waals surface area contributed by atoms with Crippen LogP contribution in [0.5, 0.6) is 5.75 Å². The van der Waals surface area contributed by atoms with Crippen molar-refractivity contribution in [3.63, 3.8) is 0 Å². The Labute approximate surface area is 188 Å². The minimum Gasteiger partial charge on any atom is -0.406 e. The van der Waals surface area contributed by atoms with Gasteiger partial charge in [0.1, 0.15) is 11.8 Å². The second-order valence-electron chi connectivity index (χ2n) is 9.14. The first-order valence-electron chi connectivity index (χ1n) is 11.6. The summed E-state index contributed by atoms with van der Waals surface area (Å²) in [6.07, 6.45) is 12.1. The minimum atomic E-state index is -4.65. The third kappa shape index (κ3) is 8.00. The number of hydrogen-bond donors (Lipinski definition) is 0. The normalized spacial score (nSPS) is 27.3. The Morgan fingerprint density at radius 1 is 0.938 bits per heavy atom. The average molecular weight is 450 g/mol. The predicted octanol–water partition coefficient (Wildman–Crippen LogP) is 8.38. The molecule has 0 heterocycles. The van der Waals surface area contributed by atoms with Crippen LogP contribution in [0.25, 0.3) is 0 Å². The zero-order valence-corrected chi connectivity index (χ0v) is 18.3. The van der Waals surface area contributed by atoms with E-state index >= 15 is 0 Å². The Bertz CT molecular complexity index is 806. The Morgan fingerprint density at radius 3 is 2.03 bits per heavy atom. The summed E-state index contributed by atoms with van der Waals surface area (Å²) in [5, 5.41) is 8.45. The third-order valence-electron chi connectivity index (χ3n) is 6.91. The molecule has 6 heteroatoms. The molecule has 3 rings (SSSR count). The first-order valence-corrected chi connectivity index (χ1v) is 11.6. The summed E-state index contributed by atoms with van der Waals surface area (Å²) in [5.41, 5.74) is 1.09. The molecule has 0 saturated heterocycles. The summed E-state index contributed by atoms with van der Waals surface area (Å²) >= 11 is 0. The molecule has 0 unspecified atom stereocenters. The van der Waals surface area contributed by atoms with Gasteiger partial charge in [-0.15, -0.1) is 13.2 Å². The molecule has 0 N–H and O–H groups in total. The molecule has 0 bridgehead atoms. The van der Waals surface area contributed by atoms with Crippen molar-refractivity contribution in [2.45, 2.75) is 76.5 Å². The number of rotatable bonds is 7. The van der Waals surface area contributed by atoms with Crippen LogP contribution in [-0.4, -0.2) is 6.36 Å². The van der Waals surface area contributed by atoms with Crippen molar-refractivity contribution in [3.8, 4) is 11.8 Å². The van der Waals surface area contributed by atoms with Crippen molar-refractivity contribution in [2.75, 3.05) is 0 Å². The summed E-state index contributed by atoms with van der Waals surface area (Å²) in [4.78, 5) is 0. The molecule has 174 valence electrons. The molecule has 0 aromatic heterocycles. The van der Waals surface area contributed by atoms with Crippen LogP contribution in [0.3, 0.4) is 0 Å². The molecular weight excluding hydrogens is 418 g/mol. The molecule has 2 saturated carbocycles. The van der Waals surface area contributed by atoms with Crippen molar-refractivity contribution < 1.29 is 22.3 Å². The maximum Gasteiger partial charge on any atom is 0.573 e. The topological polar surface area (TPSA) is 33.0 Å². The Morgan fingerprint density at radius 2 is 1.50 bits per heavy atom. The highest BCUT2D eigenvalue weighted by molar-refractivity contribution is 5.30. The van der Waals surface area contributed by atoms with E-state index in [-0.39, 0.29) is 5.75 Å². The van der Waals surface area contributed by atoms with Gasteiger partial charge in [0.2, 0.25) is 0 Å². The molecule has 0 aliphatic heterocycles. The number of allylic oxidation sites excluding steroid dienone is 4. The number of hydrogen-bond acceptors (Lipinski definition) is 2. The standard InChI is InChI=1S/C26H31F4NO/c27-24(18-31)3-1-2-19-4-6-20(7-5-19)8-9-21-10-12-22(13-11-21)23-14-16-25(17-15-23)32-26(28,29)30/h3,8-9,14-17,19-22H,1-2,4-7,10-13H2/b9-8+,24-3?. The monoisotopic (exact) mass is 449 g/mol. The highest BCUT2D eigenvalue weighted by Crippen LogP contribution is 2.38. The van der Waals surface area contributed by atoms with Crippen molar-refractivity contribution >= 4 is 0 Å². The van der Waals surface area contributed by atoms with Crippen LogP contribution in [0.15, 0.2) is 48.3 Å². The van der Waals surface area contributed by atoms with Gasteiger partial charge in [-0.05, 0) is 112 Å². The van der Waals surface area contributed by atoms with Gasteiger partial charge < -0.3 is 4.74 Å². The molecule has 2 aliphatic carbocycles. The first kappa shape index (κ1) is 24.4. The van der Waals surface area contributed by atoms with Gasteiger partial charge >= 0.3 is 6.36 Å². The quantitative estimate of drug-likeness (QED) is 0.238. The SMILES string of the molecule is N#CC(F)=CCCC1CCC(/C=C/C2CCC(c3ccc(OC(F)(F)F)cc3)CC2)CC1. The molecule has 0 amide bonds.